The maximum Gasteiger partial charge on any atom is 0.242 e. The lowest BCUT2D eigenvalue weighted by molar-refractivity contribution is -0.118. The van der Waals surface area contributed by atoms with Crippen molar-refractivity contribution in [1.82, 2.24) is 30.3 Å². The molecule has 0 unspecified atom stereocenters. The molecule has 1 aliphatic rings. The minimum atomic E-state index is -0.553. The third-order valence-electron chi connectivity index (χ3n) is 7.06. The van der Waals surface area contributed by atoms with E-state index in [1.807, 2.05) is 35.8 Å². The van der Waals surface area contributed by atoms with Crippen LogP contribution in [0, 0.1) is 18.6 Å². The summed E-state index contributed by atoms with van der Waals surface area (Å²) in [5, 5.41) is 13.5. The molecule has 5 rings (SSSR count). The first-order valence-corrected chi connectivity index (χ1v) is 13.6. The molecule has 0 saturated heterocycles. The zero-order chi connectivity index (χ0) is 28.1. The first-order valence-electron chi connectivity index (χ1n) is 13.6. The van der Waals surface area contributed by atoms with Crippen LogP contribution in [-0.2, 0) is 30.7 Å². The zero-order valence-electron chi connectivity index (χ0n) is 22.6. The monoisotopic (exact) mass is 549 g/mol. The molecular weight excluding hydrogens is 516 g/mol. The van der Waals surface area contributed by atoms with Crippen molar-refractivity contribution in [2.24, 2.45) is 0 Å². The number of para-hydroxylation sites is 1. The van der Waals surface area contributed by atoms with Crippen molar-refractivity contribution in [3.8, 4) is 5.69 Å². The second-order valence-electron chi connectivity index (χ2n) is 10.1. The summed E-state index contributed by atoms with van der Waals surface area (Å²) in [7, 11) is 0. The van der Waals surface area contributed by atoms with Crippen LogP contribution in [0.3, 0.4) is 0 Å². The molecule has 1 amide bonds. The van der Waals surface area contributed by atoms with Gasteiger partial charge in [-0.05, 0) is 61.4 Å². The summed E-state index contributed by atoms with van der Waals surface area (Å²) in [4.78, 5) is 21.9. The molecule has 2 heterocycles. The molecule has 4 aromatic rings. The van der Waals surface area contributed by atoms with Crippen LogP contribution in [0.4, 0.5) is 14.6 Å². The van der Waals surface area contributed by atoms with Gasteiger partial charge in [-0.25, -0.2) is 13.8 Å². The molecule has 0 spiro atoms. The number of benzene rings is 2. The Morgan fingerprint density at radius 1 is 1.23 bits per heavy atom. The second-order valence-corrected chi connectivity index (χ2v) is 10.1. The van der Waals surface area contributed by atoms with Crippen molar-refractivity contribution in [3.63, 3.8) is 0 Å². The van der Waals surface area contributed by atoms with Crippen molar-refractivity contribution in [3.05, 3.63) is 89.0 Å². The minimum absolute atomic E-state index is 0.0808. The molecule has 0 bridgehead atoms. The number of aromatic nitrogens is 4. The molecule has 40 heavy (non-hydrogen) atoms. The van der Waals surface area contributed by atoms with Crippen LogP contribution in [0.15, 0.2) is 53.4 Å². The van der Waals surface area contributed by atoms with E-state index in [4.69, 9.17) is 4.52 Å². The minimum Gasteiger partial charge on any atom is -0.338 e. The third-order valence-corrected chi connectivity index (χ3v) is 7.06. The number of amides is 1. The summed E-state index contributed by atoms with van der Waals surface area (Å²) in [6.07, 6.45) is 6.55. The fourth-order valence-electron chi connectivity index (χ4n) is 5.15. The van der Waals surface area contributed by atoms with Gasteiger partial charge >= 0.3 is 0 Å². The van der Waals surface area contributed by atoms with E-state index in [1.165, 1.54) is 6.07 Å². The van der Waals surface area contributed by atoms with E-state index in [0.29, 0.717) is 67.4 Å². The average Bonchev–Trinajstić information content (AvgIpc) is 3.57. The standard InChI is InChI=1S/C29H33F2N7O2/c1-3-6-25(35-22-10-9-19-11-21(30)12-24(31)23(19)13-22)29(39)36-27-16-38(17-33-27)26-8-5-4-7-20(26)14-32-15-28-34-18(2)37-40-28/h4-5,7-8,11-12,16-17,22,25,32,35H,3,6,9-10,13-15H2,1-2H3,(H,36,39)/t22-,25+/m0/s1. The van der Waals surface area contributed by atoms with E-state index in [-0.39, 0.29) is 11.9 Å². The Morgan fingerprint density at radius 3 is 2.88 bits per heavy atom. The summed E-state index contributed by atoms with van der Waals surface area (Å²) in [5.41, 5.74) is 3.19. The maximum atomic E-state index is 14.4. The first kappa shape index (κ1) is 27.6. The predicted molar refractivity (Wildman–Crippen MR) is 146 cm³/mol. The smallest absolute Gasteiger partial charge is 0.242 e. The van der Waals surface area contributed by atoms with E-state index in [9.17, 15) is 13.6 Å². The summed E-state index contributed by atoms with van der Waals surface area (Å²) in [5.74, 6) is 0.284. The number of imidazole rings is 1. The quantitative estimate of drug-likeness (QED) is 0.255. The molecule has 2 aromatic heterocycles. The number of rotatable bonds is 11. The molecule has 210 valence electrons. The van der Waals surface area contributed by atoms with Gasteiger partial charge < -0.3 is 25.0 Å². The van der Waals surface area contributed by atoms with Crippen molar-refractivity contribution in [2.45, 2.75) is 71.1 Å². The third kappa shape index (κ3) is 6.60. The number of carbonyl (C=O) groups is 1. The highest BCUT2D eigenvalue weighted by Crippen LogP contribution is 2.26. The number of nitrogens with one attached hydrogen (secondary N) is 3. The Balaban J connectivity index is 1.21. The number of halogens is 2. The van der Waals surface area contributed by atoms with E-state index in [2.05, 4.69) is 31.1 Å². The lowest BCUT2D eigenvalue weighted by atomic mass is 9.87. The van der Waals surface area contributed by atoms with Gasteiger partial charge in [-0.3, -0.25) is 4.79 Å². The van der Waals surface area contributed by atoms with E-state index >= 15 is 0 Å². The molecule has 0 saturated carbocycles. The maximum absolute atomic E-state index is 14.4. The molecule has 9 nitrogen and oxygen atoms in total. The second kappa shape index (κ2) is 12.5. The molecular formula is C29H33F2N7O2. The van der Waals surface area contributed by atoms with Crippen LogP contribution in [0.25, 0.3) is 5.69 Å². The lowest BCUT2D eigenvalue weighted by Crippen LogP contribution is -2.48. The molecule has 1 aliphatic carbocycles. The summed E-state index contributed by atoms with van der Waals surface area (Å²) in [6, 6.07) is 9.69. The Morgan fingerprint density at radius 2 is 2.08 bits per heavy atom. The van der Waals surface area contributed by atoms with Gasteiger partial charge in [-0.1, -0.05) is 36.7 Å². The Labute approximate surface area is 231 Å². The average molecular weight is 550 g/mol. The van der Waals surface area contributed by atoms with Gasteiger partial charge in [0.15, 0.2) is 11.6 Å². The van der Waals surface area contributed by atoms with Crippen molar-refractivity contribution < 1.29 is 18.1 Å². The number of aryl methyl sites for hydroxylation is 2. The molecule has 0 radical (unpaired) electrons. The highest BCUT2D eigenvalue weighted by Gasteiger charge is 2.27. The van der Waals surface area contributed by atoms with Crippen LogP contribution in [0.5, 0.6) is 0 Å². The fraction of sp³-hybridized carbons (Fsp3) is 0.379. The Hall–Kier alpha value is -3.96. The Bertz CT molecular complexity index is 1470. The van der Waals surface area contributed by atoms with Crippen LogP contribution >= 0.6 is 0 Å². The number of fused-ring (bicyclic) bond motifs is 1. The Kier molecular flexibility index (Phi) is 8.61. The van der Waals surface area contributed by atoms with Gasteiger partial charge in [-0.2, -0.15) is 4.98 Å². The van der Waals surface area contributed by atoms with Crippen LogP contribution in [-0.4, -0.2) is 37.7 Å². The SMILES string of the molecule is CCC[C@@H](N[C@H]1CCc2cc(F)cc(F)c2C1)C(=O)Nc1cn(-c2ccccc2CNCc2nc(C)no2)cn1. The van der Waals surface area contributed by atoms with Gasteiger partial charge in [0.05, 0.1) is 24.5 Å². The number of hydrogen-bond donors (Lipinski definition) is 3. The largest absolute Gasteiger partial charge is 0.338 e. The number of anilines is 1. The van der Waals surface area contributed by atoms with Gasteiger partial charge in [0, 0.05) is 18.7 Å². The normalized spacial score (nSPS) is 15.6. The molecule has 0 aliphatic heterocycles. The van der Waals surface area contributed by atoms with Gasteiger partial charge in [0.2, 0.25) is 11.8 Å². The summed E-state index contributed by atoms with van der Waals surface area (Å²) in [6.45, 7) is 4.80. The van der Waals surface area contributed by atoms with E-state index < -0.39 is 17.7 Å². The topological polar surface area (TPSA) is 110 Å². The number of hydrogen-bond acceptors (Lipinski definition) is 7. The molecule has 11 heteroatoms. The first-order chi connectivity index (χ1) is 19.4. The summed E-state index contributed by atoms with van der Waals surface area (Å²) < 4.78 is 35.0. The van der Waals surface area contributed by atoms with Crippen LogP contribution in [0.1, 0.15) is 54.6 Å². The van der Waals surface area contributed by atoms with E-state index in [1.54, 1.807) is 19.4 Å². The highest BCUT2D eigenvalue weighted by molar-refractivity contribution is 5.94. The fourth-order valence-corrected chi connectivity index (χ4v) is 5.15. The van der Waals surface area contributed by atoms with Crippen molar-refractivity contribution >= 4 is 11.7 Å². The summed E-state index contributed by atoms with van der Waals surface area (Å²) >= 11 is 0. The van der Waals surface area contributed by atoms with Crippen molar-refractivity contribution in [1.29, 1.82) is 0 Å². The van der Waals surface area contributed by atoms with Crippen LogP contribution in [0.2, 0.25) is 0 Å². The molecule has 2 aromatic carbocycles. The lowest BCUT2D eigenvalue weighted by Gasteiger charge is -2.29. The number of carbonyl (C=O) groups excluding carboxylic acids is 1. The predicted octanol–water partition coefficient (Wildman–Crippen LogP) is 4.39. The molecule has 0 fully saturated rings. The van der Waals surface area contributed by atoms with Gasteiger partial charge in [-0.15, -0.1) is 0 Å². The number of nitrogens with zero attached hydrogens (tertiary/aromatic N) is 4. The van der Waals surface area contributed by atoms with Crippen LogP contribution < -0.4 is 16.0 Å². The molecule has 2 atom stereocenters. The van der Waals surface area contributed by atoms with Crippen molar-refractivity contribution in [2.75, 3.05) is 5.32 Å². The zero-order valence-corrected chi connectivity index (χ0v) is 22.6. The molecule has 3 N–H and O–H groups in total. The highest BCUT2D eigenvalue weighted by atomic mass is 19.1. The van der Waals surface area contributed by atoms with E-state index in [0.717, 1.165) is 23.7 Å². The van der Waals surface area contributed by atoms with Gasteiger partial charge in [0.25, 0.3) is 0 Å². The van der Waals surface area contributed by atoms with Gasteiger partial charge in [0.1, 0.15) is 18.0 Å².